The molecular formula is C15H18F3NO5. The number of nitrogens with zero attached hydrogens (tertiary/aromatic N) is 1. The summed E-state index contributed by atoms with van der Waals surface area (Å²) in [5, 5.41) is 8.87. The zero-order valence-corrected chi connectivity index (χ0v) is 13.0. The van der Waals surface area contributed by atoms with E-state index in [0.29, 0.717) is 5.56 Å². The van der Waals surface area contributed by atoms with Crippen LogP contribution in [-0.4, -0.2) is 55.4 Å². The third-order valence-corrected chi connectivity index (χ3v) is 2.99. The van der Waals surface area contributed by atoms with Crippen LogP contribution in [0.25, 0.3) is 0 Å². The summed E-state index contributed by atoms with van der Waals surface area (Å²) in [5.74, 6) is -1.81. The van der Waals surface area contributed by atoms with Crippen molar-refractivity contribution in [2.24, 2.45) is 0 Å². The molecule has 0 aliphatic heterocycles. The number of benzene rings is 1. The van der Waals surface area contributed by atoms with Crippen LogP contribution >= 0.6 is 0 Å². The summed E-state index contributed by atoms with van der Waals surface area (Å²) in [6.07, 6.45) is -4.45. The van der Waals surface area contributed by atoms with Gasteiger partial charge in [-0.15, -0.1) is 0 Å². The molecule has 0 radical (unpaired) electrons. The van der Waals surface area contributed by atoms with Gasteiger partial charge in [-0.2, -0.15) is 13.2 Å². The van der Waals surface area contributed by atoms with E-state index in [2.05, 4.69) is 0 Å². The number of hydrogen-bond donors (Lipinski definition) is 1. The fourth-order valence-electron chi connectivity index (χ4n) is 1.81. The van der Waals surface area contributed by atoms with Gasteiger partial charge in [0.05, 0.1) is 18.8 Å². The minimum atomic E-state index is -4.45. The van der Waals surface area contributed by atoms with Crippen molar-refractivity contribution in [3.63, 3.8) is 0 Å². The molecule has 0 bridgehead atoms. The molecule has 0 saturated carbocycles. The van der Waals surface area contributed by atoms with Crippen molar-refractivity contribution in [3.8, 4) is 0 Å². The van der Waals surface area contributed by atoms with Crippen molar-refractivity contribution in [1.82, 2.24) is 4.90 Å². The Morgan fingerprint density at radius 3 is 2.29 bits per heavy atom. The zero-order valence-electron chi connectivity index (χ0n) is 13.0. The van der Waals surface area contributed by atoms with Crippen LogP contribution in [0.3, 0.4) is 0 Å². The molecule has 1 N–H and O–H groups in total. The lowest BCUT2D eigenvalue weighted by atomic mass is 10.1. The van der Waals surface area contributed by atoms with Gasteiger partial charge in [0.2, 0.25) is 5.91 Å². The lowest BCUT2D eigenvalue weighted by Crippen LogP contribution is -2.37. The highest BCUT2D eigenvalue weighted by Crippen LogP contribution is 2.29. The van der Waals surface area contributed by atoms with Crippen molar-refractivity contribution in [2.45, 2.75) is 12.7 Å². The number of ether oxygens (including phenoxy) is 2. The van der Waals surface area contributed by atoms with Gasteiger partial charge in [0.25, 0.3) is 0 Å². The smallest absolute Gasteiger partial charge is 0.416 e. The third-order valence-electron chi connectivity index (χ3n) is 2.99. The minimum Gasteiger partial charge on any atom is -0.480 e. The molecule has 0 heterocycles. The molecule has 134 valence electrons. The van der Waals surface area contributed by atoms with E-state index >= 15 is 0 Å². The first kappa shape index (κ1) is 19.9. The summed E-state index contributed by atoms with van der Waals surface area (Å²) in [4.78, 5) is 23.8. The molecule has 0 unspecified atom stereocenters. The average molecular weight is 349 g/mol. The number of methoxy groups -OCH3 is 1. The summed E-state index contributed by atoms with van der Waals surface area (Å²) in [6.45, 7) is -0.587. The van der Waals surface area contributed by atoms with E-state index in [1.807, 2.05) is 0 Å². The number of rotatable bonds is 9. The number of carboxylic acid groups (broad SMARTS) is 1. The predicted octanol–water partition coefficient (Wildman–Crippen LogP) is 1.78. The Hall–Kier alpha value is -2.13. The molecule has 0 aliphatic carbocycles. The van der Waals surface area contributed by atoms with Crippen LogP contribution in [0.1, 0.15) is 11.1 Å². The lowest BCUT2D eigenvalue weighted by Gasteiger charge is -2.21. The van der Waals surface area contributed by atoms with Gasteiger partial charge in [-0.3, -0.25) is 9.59 Å². The van der Waals surface area contributed by atoms with Gasteiger partial charge in [0.1, 0.15) is 13.2 Å². The Morgan fingerprint density at radius 2 is 1.79 bits per heavy atom. The molecule has 0 saturated heterocycles. The van der Waals surface area contributed by atoms with Crippen LogP contribution in [0.15, 0.2) is 24.3 Å². The predicted molar refractivity (Wildman–Crippen MR) is 77.2 cm³/mol. The van der Waals surface area contributed by atoms with Crippen LogP contribution in [0.4, 0.5) is 13.2 Å². The van der Waals surface area contributed by atoms with Crippen LogP contribution < -0.4 is 0 Å². The molecular weight excluding hydrogens is 331 g/mol. The van der Waals surface area contributed by atoms with Gasteiger partial charge in [-0.1, -0.05) is 12.1 Å². The third kappa shape index (κ3) is 6.97. The van der Waals surface area contributed by atoms with Crippen LogP contribution in [0, 0.1) is 0 Å². The lowest BCUT2D eigenvalue weighted by molar-refractivity contribution is -0.147. The van der Waals surface area contributed by atoms with Crippen molar-refractivity contribution in [2.75, 3.05) is 33.5 Å². The number of carbonyl (C=O) groups excluding carboxylic acids is 1. The van der Waals surface area contributed by atoms with Crippen molar-refractivity contribution in [1.29, 1.82) is 0 Å². The van der Waals surface area contributed by atoms with Crippen molar-refractivity contribution in [3.05, 3.63) is 35.4 Å². The van der Waals surface area contributed by atoms with Gasteiger partial charge >= 0.3 is 12.1 Å². The van der Waals surface area contributed by atoms with E-state index in [1.165, 1.54) is 19.2 Å². The standard InChI is InChI=1S/C15H18F3NO5/c1-23-6-7-24-10-13(20)19(9-14(21)22)8-11-2-4-12(5-3-11)15(16,17)18/h2-5H,6-10H2,1H3,(H,21,22). The highest BCUT2D eigenvalue weighted by Gasteiger charge is 2.30. The number of halogens is 3. The first-order valence-corrected chi connectivity index (χ1v) is 6.96. The zero-order chi connectivity index (χ0) is 18.2. The van der Waals surface area contributed by atoms with Crippen LogP contribution in [0.2, 0.25) is 0 Å². The molecule has 0 aromatic heterocycles. The fraction of sp³-hybridized carbons (Fsp3) is 0.467. The molecule has 0 spiro atoms. The van der Waals surface area contributed by atoms with Crippen LogP contribution in [-0.2, 0) is 31.8 Å². The molecule has 1 aromatic rings. The second-order valence-electron chi connectivity index (χ2n) is 4.88. The summed E-state index contributed by atoms with van der Waals surface area (Å²) in [6, 6.07) is 4.18. The number of alkyl halides is 3. The Morgan fingerprint density at radius 1 is 1.17 bits per heavy atom. The van der Waals surface area contributed by atoms with E-state index in [4.69, 9.17) is 14.6 Å². The summed E-state index contributed by atoms with van der Waals surface area (Å²) in [7, 11) is 1.46. The van der Waals surface area contributed by atoms with Gasteiger partial charge in [0, 0.05) is 13.7 Å². The van der Waals surface area contributed by atoms with Crippen molar-refractivity contribution >= 4 is 11.9 Å². The number of hydrogen-bond acceptors (Lipinski definition) is 4. The Balaban J connectivity index is 2.71. The van der Waals surface area contributed by atoms with Gasteiger partial charge < -0.3 is 19.5 Å². The molecule has 1 aromatic carbocycles. The maximum Gasteiger partial charge on any atom is 0.416 e. The molecule has 1 amide bonds. The Labute approximate surface area is 136 Å². The van der Waals surface area contributed by atoms with E-state index < -0.39 is 30.2 Å². The molecule has 9 heteroatoms. The first-order chi connectivity index (χ1) is 11.2. The number of carbonyl (C=O) groups is 2. The second kappa shape index (κ2) is 9.24. The average Bonchev–Trinajstić information content (AvgIpc) is 2.50. The van der Waals surface area contributed by atoms with E-state index in [-0.39, 0.29) is 26.4 Å². The highest BCUT2D eigenvalue weighted by molar-refractivity contribution is 5.82. The van der Waals surface area contributed by atoms with Gasteiger partial charge in [-0.05, 0) is 17.7 Å². The maximum atomic E-state index is 12.5. The first-order valence-electron chi connectivity index (χ1n) is 6.96. The number of aliphatic carboxylic acids is 1. The van der Waals surface area contributed by atoms with Crippen LogP contribution in [0.5, 0.6) is 0 Å². The fourth-order valence-corrected chi connectivity index (χ4v) is 1.81. The van der Waals surface area contributed by atoms with Gasteiger partial charge in [-0.25, -0.2) is 0 Å². The Kier molecular flexibility index (Phi) is 7.66. The topological polar surface area (TPSA) is 76.1 Å². The summed E-state index contributed by atoms with van der Waals surface area (Å²) >= 11 is 0. The Bertz CT molecular complexity index is 545. The summed E-state index contributed by atoms with van der Waals surface area (Å²) < 4.78 is 47.3. The number of carboxylic acids is 1. The molecule has 6 nitrogen and oxygen atoms in total. The SMILES string of the molecule is COCCOCC(=O)N(CC(=O)O)Cc1ccc(C(F)(F)F)cc1. The maximum absolute atomic E-state index is 12.5. The molecule has 0 fully saturated rings. The largest absolute Gasteiger partial charge is 0.480 e. The highest BCUT2D eigenvalue weighted by atomic mass is 19.4. The van der Waals surface area contributed by atoms with Crippen molar-refractivity contribution < 1.29 is 37.3 Å². The minimum absolute atomic E-state index is 0.128. The van der Waals surface area contributed by atoms with E-state index in [9.17, 15) is 22.8 Å². The molecule has 24 heavy (non-hydrogen) atoms. The monoisotopic (exact) mass is 349 g/mol. The number of amides is 1. The molecule has 0 atom stereocenters. The van der Waals surface area contributed by atoms with E-state index in [0.717, 1.165) is 17.0 Å². The molecule has 0 aliphatic rings. The van der Waals surface area contributed by atoms with E-state index in [1.54, 1.807) is 0 Å². The second-order valence-corrected chi connectivity index (χ2v) is 4.88. The quantitative estimate of drug-likeness (QED) is 0.688. The van der Waals surface area contributed by atoms with Gasteiger partial charge in [0.15, 0.2) is 0 Å². The normalized spacial score (nSPS) is 11.3. The molecule has 1 rings (SSSR count). The summed E-state index contributed by atoms with van der Waals surface area (Å²) in [5.41, 5.74) is -0.431.